The second-order valence-corrected chi connectivity index (χ2v) is 11.5. The minimum Gasteiger partial charge on any atom is -0.490 e. The van der Waals surface area contributed by atoms with Crippen molar-refractivity contribution >= 4 is 40.7 Å². The molecule has 3 aromatic rings. The fourth-order valence-electron chi connectivity index (χ4n) is 4.46. The summed E-state index contributed by atoms with van der Waals surface area (Å²) in [6, 6.07) is 17.2. The number of aryl methyl sites for hydroxylation is 1. The van der Waals surface area contributed by atoms with Crippen LogP contribution in [0.15, 0.2) is 54.6 Å². The Labute approximate surface area is 258 Å². The molecule has 2 N–H and O–H groups in total. The second-order valence-electron chi connectivity index (χ2n) is 10.3. The van der Waals surface area contributed by atoms with Crippen LogP contribution in [0.3, 0.4) is 0 Å². The number of ether oxygens (including phenoxy) is 3. The Morgan fingerprint density at radius 2 is 1.51 bits per heavy atom. The molecule has 0 spiro atoms. The maximum Gasteiger partial charge on any atom is 0.227 e. The van der Waals surface area contributed by atoms with Gasteiger partial charge in [0.05, 0.1) is 22.6 Å². The third kappa shape index (κ3) is 9.79. The standard InChI is InChI=1S/C32H39Cl3N2O4/c1-21(2)37(20-26-18-24(11-12-39-4)7-10-28(26)33)32(38)25(19-36)17-23-5-8-27(9-6-23)40-13-14-41-31-29(34)15-22(3)16-30(31)35/h5-10,15-16,18,21,25H,11-14,17,19-20,36H2,1-4H3. The number of methoxy groups -OCH3 is 1. The van der Waals surface area contributed by atoms with Crippen molar-refractivity contribution in [2.75, 3.05) is 33.5 Å². The predicted molar refractivity (Wildman–Crippen MR) is 168 cm³/mol. The van der Waals surface area contributed by atoms with Crippen LogP contribution in [-0.4, -0.2) is 50.3 Å². The number of amides is 1. The topological polar surface area (TPSA) is 74.0 Å². The van der Waals surface area contributed by atoms with Gasteiger partial charge in [0.25, 0.3) is 0 Å². The third-order valence-electron chi connectivity index (χ3n) is 6.73. The lowest BCUT2D eigenvalue weighted by Crippen LogP contribution is -2.43. The number of hydrogen-bond donors (Lipinski definition) is 1. The fraction of sp³-hybridized carbons (Fsp3) is 0.406. The van der Waals surface area contributed by atoms with Crippen molar-refractivity contribution < 1.29 is 19.0 Å². The zero-order valence-corrected chi connectivity index (χ0v) is 26.4. The van der Waals surface area contributed by atoms with Gasteiger partial charge in [-0.1, -0.05) is 59.1 Å². The van der Waals surface area contributed by atoms with Gasteiger partial charge in [-0.3, -0.25) is 4.79 Å². The maximum atomic E-state index is 13.6. The Morgan fingerprint density at radius 3 is 2.12 bits per heavy atom. The number of rotatable bonds is 15. The molecule has 9 heteroatoms. The van der Waals surface area contributed by atoms with Crippen molar-refractivity contribution in [3.63, 3.8) is 0 Å². The van der Waals surface area contributed by atoms with Gasteiger partial charge < -0.3 is 24.8 Å². The molecule has 0 aliphatic rings. The average molecular weight is 622 g/mol. The summed E-state index contributed by atoms with van der Waals surface area (Å²) < 4.78 is 16.7. The van der Waals surface area contributed by atoms with Gasteiger partial charge in [-0.2, -0.15) is 0 Å². The number of nitrogens with zero attached hydrogens (tertiary/aromatic N) is 1. The highest BCUT2D eigenvalue weighted by Gasteiger charge is 2.26. The van der Waals surface area contributed by atoms with Crippen LogP contribution >= 0.6 is 34.8 Å². The molecule has 222 valence electrons. The molecule has 1 amide bonds. The van der Waals surface area contributed by atoms with E-state index in [-0.39, 0.29) is 24.4 Å². The average Bonchev–Trinajstić information content (AvgIpc) is 2.94. The molecule has 41 heavy (non-hydrogen) atoms. The Balaban J connectivity index is 1.58. The minimum absolute atomic E-state index is 0.00626. The number of carbonyl (C=O) groups excluding carboxylic acids is 1. The van der Waals surface area contributed by atoms with Gasteiger partial charge in [0.2, 0.25) is 5.91 Å². The first-order chi connectivity index (χ1) is 19.6. The molecule has 3 rings (SSSR count). The van der Waals surface area contributed by atoms with Crippen LogP contribution < -0.4 is 15.2 Å². The summed E-state index contributed by atoms with van der Waals surface area (Å²) >= 11 is 19.0. The molecule has 0 heterocycles. The van der Waals surface area contributed by atoms with Crippen LogP contribution in [0.4, 0.5) is 0 Å². The molecule has 0 radical (unpaired) electrons. The highest BCUT2D eigenvalue weighted by Crippen LogP contribution is 2.34. The highest BCUT2D eigenvalue weighted by molar-refractivity contribution is 6.37. The summed E-state index contributed by atoms with van der Waals surface area (Å²) in [5.41, 5.74) is 10.1. The quantitative estimate of drug-likeness (QED) is 0.182. The minimum atomic E-state index is -0.364. The van der Waals surface area contributed by atoms with Crippen LogP contribution in [0.25, 0.3) is 0 Å². The first-order valence-corrected chi connectivity index (χ1v) is 14.8. The summed E-state index contributed by atoms with van der Waals surface area (Å²) in [6.45, 7) is 7.82. The molecular formula is C32H39Cl3N2O4. The molecule has 0 aromatic heterocycles. The van der Waals surface area contributed by atoms with E-state index in [1.807, 2.05) is 62.1 Å². The Kier molecular flexibility index (Phi) is 13.1. The largest absolute Gasteiger partial charge is 0.490 e. The van der Waals surface area contributed by atoms with E-state index in [0.29, 0.717) is 59.4 Å². The summed E-state index contributed by atoms with van der Waals surface area (Å²) in [7, 11) is 1.68. The normalized spacial score (nSPS) is 11.9. The Morgan fingerprint density at radius 1 is 0.878 bits per heavy atom. The summed E-state index contributed by atoms with van der Waals surface area (Å²) in [6.07, 6.45) is 1.30. The number of nitrogens with two attached hydrogens (primary N) is 1. The van der Waals surface area contributed by atoms with E-state index in [0.717, 1.165) is 28.7 Å². The lowest BCUT2D eigenvalue weighted by Gasteiger charge is -2.31. The first kappa shape index (κ1) is 33.0. The van der Waals surface area contributed by atoms with E-state index >= 15 is 0 Å². The van der Waals surface area contributed by atoms with E-state index in [4.69, 9.17) is 54.7 Å². The van der Waals surface area contributed by atoms with Gasteiger partial charge >= 0.3 is 0 Å². The molecule has 1 atom stereocenters. The van der Waals surface area contributed by atoms with Gasteiger partial charge in [0, 0.05) is 31.3 Å². The van der Waals surface area contributed by atoms with Crippen molar-refractivity contribution in [1.29, 1.82) is 0 Å². The van der Waals surface area contributed by atoms with Gasteiger partial charge in [-0.05, 0) is 86.2 Å². The molecule has 0 fully saturated rings. The molecule has 0 saturated carbocycles. The smallest absolute Gasteiger partial charge is 0.227 e. The molecule has 0 saturated heterocycles. The van der Waals surface area contributed by atoms with E-state index in [9.17, 15) is 4.79 Å². The molecule has 0 aliphatic heterocycles. The van der Waals surface area contributed by atoms with E-state index in [1.54, 1.807) is 19.2 Å². The van der Waals surface area contributed by atoms with Gasteiger partial charge in [-0.25, -0.2) is 0 Å². The molecular weight excluding hydrogens is 583 g/mol. The first-order valence-electron chi connectivity index (χ1n) is 13.7. The summed E-state index contributed by atoms with van der Waals surface area (Å²) in [5.74, 6) is 0.788. The number of benzene rings is 3. The zero-order valence-electron chi connectivity index (χ0n) is 24.1. The molecule has 1 unspecified atom stereocenters. The number of halogens is 3. The van der Waals surface area contributed by atoms with Gasteiger partial charge in [0.1, 0.15) is 19.0 Å². The van der Waals surface area contributed by atoms with Gasteiger partial charge in [0.15, 0.2) is 5.75 Å². The van der Waals surface area contributed by atoms with Crippen molar-refractivity contribution in [3.05, 3.63) is 91.9 Å². The van der Waals surface area contributed by atoms with E-state index < -0.39 is 0 Å². The van der Waals surface area contributed by atoms with Crippen molar-refractivity contribution in [3.8, 4) is 11.5 Å². The lowest BCUT2D eigenvalue weighted by molar-refractivity contribution is -0.137. The lowest BCUT2D eigenvalue weighted by atomic mass is 9.96. The van der Waals surface area contributed by atoms with Crippen LogP contribution in [0.2, 0.25) is 15.1 Å². The SMILES string of the molecule is COCCc1ccc(Cl)c(CN(C(=O)C(CN)Cc2ccc(OCCOc3c(Cl)cc(C)cc3Cl)cc2)C(C)C)c1. The Bertz CT molecular complexity index is 1260. The molecule has 3 aromatic carbocycles. The zero-order chi connectivity index (χ0) is 29.9. The summed E-state index contributed by atoms with van der Waals surface area (Å²) in [5, 5.41) is 1.58. The molecule has 6 nitrogen and oxygen atoms in total. The van der Waals surface area contributed by atoms with Crippen LogP contribution in [0, 0.1) is 12.8 Å². The number of carbonyl (C=O) groups is 1. The molecule has 0 aliphatic carbocycles. The highest BCUT2D eigenvalue weighted by atomic mass is 35.5. The van der Waals surface area contributed by atoms with E-state index in [1.165, 1.54) is 0 Å². The van der Waals surface area contributed by atoms with Crippen LogP contribution in [-0.2, 0) is 28.9 Å². The fourth-order valence-corrected chi connectivity index (χ4v) is 5.35. The van der Waals surface area contributed by atoms with Crippen molar-refractivity contribution in [2.45, 2.75) is 46.2 Å². The van der Waals surface area contributed by atoms with Crippen LogP contribution in [0.5, 0.6) is 11.5 Å². The Hall–Kier alpha value is -2.48. The summed E-state index contributed by atoms with van der Waals surface area (Å²) in [4.78, 5) is 15.5. The predicted octanol–water partition coefficient (Wildman–Crippen LogP) is 7.16. The number of hydrogen-bond acceptors (Lipinski definition) is 5. The van der Waals surface area contributed by atoms with E-state index in [2.05, 4.69) is 6.07 Å². The second kappa shape index (κ2) is 16.2. The maximum absolute atomic E-state index is 13.6. The molecule has 0 bridgehead atoms. The van der Waals surface area contributed by atoms with Crippen molar-refractivity contribution in [2.24, 2.45) is 11.7 Å². The van der Waals surface area contributed by atoms with Crippen molar-refractivity contribution in [1.82, 2.24) is 4.90 Å². The third-order valence-corrected chi connectivity index (χ3v) is 7.66. The monoisotopic (exact) mass is 620 g/mol. The van der Waals surface area contributed by atoms with Gasteiger partial charge in [-0.15, -0.1) is 0 Å². The van der Waals surface area contributed by atoms with Crippen LogP contribution in [0.1, 0.15) is 36.1 Å².